The van der Waals surface area contributed by atoms with Crippen molar-refractivity contribution in [2.75, 3.05) is 6.61 Å². The highest BCUT2D eigenvalue weighted by Crippen LogP contribution is 2.24. The molecule has 3 N–H and O–H groups in total. The summed E-state index contributed by atoms with van der Waals surface area (Å²) in [5, 5.41) is 12.3. The number of halogens is 1. The highest BCUT2D eigenvalue weighted by molar-refractivity contribution is 6.31. The highest BCUT2D eigenvalue weighted by atomic mass is 35.5. The predicted octanol–water partition coefficient (Wildman–Crippen LogP) is 4.71. The molecule has 1 atom stereocenters. The average Bonchev–Trinajstić information content (AvgIpc) is 3.28. The second-order valence-electron chi connectivity index (χ2n) is 8.75. The van der Waals surface area contributed by atoms with Crippen LogP contribution in [-0.2, 0) is 22.7 Å². The van der Waals surface area contributed by atoms with Crippen LogP contribution >= 0.6 is 11.6 Å². The van der Waals surface area contributed by atoms with Gasteiger partial charge in [0.1, 0.15) is 12.6 Å². The van der Waals surface area contributed by atoms with Crippen molar-refractivity contribution in [2.45, 2.75) is 46.1 Å². The number of rotatable bonds is 10. The van der Waals surface area contributed by atoms with Gasteiger partial charge in [0.2, 0.25) is 11.6 Å². The smallest absolute Gasteiger partial charge is 0.240 e. The first-order valence-electron chi connectivity index (χ1n) is 11.2. The lowest BCUT2D eigenvalue weighted by Crippen LogP contribution is -2.50. The Labute approximate surface area is 216 Å². The number of nitrogens with one attached hydrogen (secondary N) is 1. The maximum Gasteiger partial charge on any atom is 0.240 e. The lowest BCUT2D eigenvalue weighted by Gasteiger charge is -2.23. The number of benzene rings is 2. The van der Waals surface area contributed by atoms with Gasteiger partial charge in [-0.05, 0) is 37.6 Å². The second-order valence-corrected chi connectivity index (χ2v) is 9.16. The maximum absolute atomic E-state index is 12.7. The first kappa shape index (κ1) is 27.1. The van der Waals surface area contributed by atoms with Gasteiger partial charge in [0.05, 0.1) is 18.8 Å². The van der Waals surface area contributed by atoms with Gasteiger partial charge in [0, 0.05) is 16.8 Å². The summed E-state index contributed by atoms with van der Waals surface area (Å²) in [6.45, 7) is 4.15. The number of carbonyl (C=O) groups excluding carboxylic acids is 1. The largest absolute Gasteiger partial charge is 0.485 e. The molecule has 2 aromatic carbocycles. The Morgan fingerprint density at radius 2 is 1.78 bits per heavy atom. The molecule has 2 heterocycles. The molecule has 0 saturated heterocycles. The van der Waals surface area contributed by atoms with Gasteiger partial charge in [-0.2, -0.15) is 0 Å². The number of hydrogen-bond acceptors (Lipinski definition) is 6. The van der Waals surface area contributed by atoms with Crippen LogP contribution in [0.15, 0.2) is 72.9 Å². The van der Waals surface area contributed by atoms with E-state index >= 15 is 0 Å². The van der Waals surface area contributed by atoms with Gasteiger partial charge in [0.15, 0.2) is 11.6 Å². The lowest BCUT2D eigenvalue weighted by molar-refractivity contribution is -0.126. The van der Waals surface area contributed by atoms with E-state index in [0.29, 0.717) is 28.9 Å². The topological polar surface area (TPSA) is 104 Å². The maximum atomic E-state index is 12.7. The van der Waals surface area contributed by atoms with Gasteiger partial charge in [0.25, 0.3) is 0 Å². The predicted molar refractivity (Wildman–Crippen MR) is 141 cm³/mol. The van der Waals surface area contributed by atoms with E-state index in [2.05, 4.69) is 15.5 Å². The number of ether oxygens (including phenoxy) is 2. The molecule has 0 saturated carbocycles. The van der Waals surface area contributed by atoms with E-state index < -0.39 is 11.6 Å². The van der Waals surface area contributed by atoms with Crippen LogP contribution in [0, 0.1) is 0 Å². The second kappa shape index (κ2) is 12.0. The number of amides is 1. The molecule has 0 fully saturated rings. The monoisotopic (exact) mass is 509 g/mol. The molecule has 190 valence electrons. The molecule has 2 aromatic heterocycles. The Balaban J connectivity index is 0.00000361. The zero-order chi connectivity index (χ0) is 24.8. The molecule has 0 spiro atoms. The van der Waals surface area contributed by atoms with Crippen molar-refractivity contribution in [1.29, 1.82) is 0 Å². The van der Waals surface area contributed by atoms with Crippen molar-refractivity contribution in [3.63, 3.8) is 0 Å². The Kier molecular flexibility index (Phi) is 9.03. The molecule has 4 aromatic rings. The van der Waals surface area contributed by atoms with Gasteiger partial charge in [-0.25, -0.2) is 0 Å². The van der Waals surface area contributed by atoms with Crippen LogP contribution < -0.4 is 15.8 Å². The molecule has 0 radical (unpaired) electrons. The van der Waals surface area contributed by atoms with Crippen molar-refractivity contribution in [1.82, 2.24) is 19.9 Å². The molecule has 0 aliphatic rings. The number of aromatic nitrogens is 3. The van der Waals surface area contributed by atoms with E-state index in [-0.39, 0.29) is 26.5 Å². The molecule has 1 amide bonds. The SMILES string of the molecule is C.CC(C)(N)C(=O)N[C@H](COCc1ccccc1)c1nnc2c(OCc3ccccc3Cl)cccn12. The zero-order valence-electron chi connectivity index (χ0n) is 19.6. The van der Waals surface area contributed by atoms with Gasteiger partial charge >= 0.3 is 0 Å². The standard InChI is InChI=1S/C26H28ClN5O3.CH4/c1-26(2,28)25(33)29-21(17-34-15-18-9-4-3-5-10-18)23-30-31-24-22(13-8-14-32(23)24)35-16-19-11-6-7-12-20(19)27;/h3-14,21H,15-17,28H2,1-2H3,(H,29,33);1H4/t21-;/m1./s1. The third-order valence-corrected chi connectivity index (χ3v) is 5.73. The molecule has 0 aliphatic carbocycles. The summed E-state index contributed by atoms with van der Waals surface area (Å²) >= 11 is 6.25. The Bertz CT molecular complexity index is 1290. The Hall–Kier alpha value is -3.46. The number of hydrogen-bond donors (Lipinski definition) is 2. The van der Waals surface area contributed by atoms with Gasteiger partial charge in [-0.1, -0.05) is 67.6 Å². The number of carbonyl (C=O) groups is 1. The molecule has 8 nitrogen and oxygen atoms in total. The fourth-order valence-corrected chi connectivity index (χ4v) is 3.61. The summed E-state index contributed by atoms with van der Waals surface area (Å²) in [6.07, 6.45) is 1.82. The van der Waals surface area contributed by atoms with Crippen LogP contribution in [0.3, 0.4) is 0 Å². The quantitative estimate of drug-likeness (QED) is 0.321. The minimum absolute atomic E-state index is 0. The lowest BCUT2D eigenvalue weighted by atomic mass is 10.1. The van der Waals surface area contributed by atoms with Crippen molar-refractivity contribution in [2.24, 2.45) is 5.73 Å². The van der Waals surface area contributed by atoms with Crippen molar-refractivity contribution < 1.29 is 14.3 Å². The van der Waals surface area contributed by atoms with Crippen LogP contribution in [0.1, 0.15) is 44.3 Å². The number of nitrogens with zero attached hydrogens (tertiary/aromatic N) is 3. The summed E-state index contributed by atoms with van der Waals surface area (Å²) in [5.41, 5.74) is 7.35. The Morgan fingerprint density at radius 3 is 2.50 bits per heavy atom. The van der Waals surface area contributed by atoms with Gasteiger partial charge < -0.3 is 20.5 Å². The van der Waals surface area contributed by atoms with Crippen molar-refractivity contribution in [3.8, 4) is 5.75 Å². The normalized spacial score (nSPS) is 12.1. The molecule has 0 unspecified atom stereocenters. The summed E-state index contributed by atoms with van der Waals surface area (Å²) in [4.78, 5) is 12.7. The summed E-state index contributed by atoms with van der Waals surface area (Å²) in [7, 11) is 0. The third-order valence-electron chi connectivity index (χ3n) is 5.36. The molecule has 9 heteroatoms. The van der Waals surface area contributed by atoms with Gasteiger partial charge in [-0.3, -0.25) is 9.20 Å². The molecule has 36 heavy (non-hydrogen) atoms. The number of nitrogens with two attached hydrogens (primary N) is 1. The minimum atomic E-state index is -1.07. The fraction of sp³-hybridized carbons (Fsp3) is 0.296. The summed E-state index contributed by atoms with van der Waals surface area (Å²) in [6, 6.07) is 20.4. The zero-order valence-corrected chi connectivity index (χ0v) is 20.4. The first-order chi connectivity index (χ1) is 16.8. The summed E-state index contributed by atoms with van der Waals surface area (Å²) in [5.74, 6) is 0.725. The van der Waals surface area contributed by atoms with Crippen molar-refractivity contribution >= 4 is 23.2 Å². The molecule has 0 bridgehead atoms. The fourth-order valence-electron chi connectivity index (χ4n) is 3.42. The minimum Gasteiger partial charge on any atom is -0.485 e. The first-order valence-corrected chi connectivity index (χ1v) is 11.6. The van der Waals surface area contributed by atoms with E-state index in [1.54, 1.807) is 18.2 Å². The third kappa shape index (κ3) is 6.60. The molecular formula is C27H32ClN5O3. The molecular weight excluding hydrogens is 478 g/mol. The van der Waals surface area contributed by atoms with E-state index in [0.717, 1.165) is 11.1 Å². The van der Waals surface area contributed by atoms with Gasteiger partial charge in [-0.15, -0.1) is 10.2 Å². The van der Waals surface area contributed by atoms with E-state index in [1.165, 1.54) is 0 Å². The van der Waals surface area contributed by atoms with E-state index in [1.807, 2.05) is 72.9 Å². The van der Waals surface area contributed by atoms with Crippen LogP contribution in [0.25, 0.3) is 5.65 Å². The van der Waals surface area contributed by atoms with Crippen LogP contribution in [-0.4, -0.2) is 32.7 Å². The summed E-state index contributed by atoms with van der Waals surface area (Å²) < 4.78 is 13.7. The van der Waals surface area contributed by atoms with E-state index in [9.17, 15) is 4.79 Å². The molecule has 4 rings (SSSR count). The average molecular weight is 510 g/mol. The Morgan fingerprint density at radius 1 is 1.06 bits per heavy atom. The number of fused-ring (bicyclic) bond motifs is 1. The van der Waals surface area contributed by atoms with Crippen molar-refractivity contribution in [3.05, 3.63) is 94.9 Å². The number of pyridine rings is 1. The highest BCUT2D eigenvalue weighted by Gasteiger charge is 2.28. The van der Waals surface area contributed by atoms with E-state index in [4.69, 9.17) is 26.8 Å². The molecule has 0 aliphatic heterocycles. The van der Waals surface area contributed by atoms with Crippen LogP contribution in [0.2, 0.25) is 5.02 Å². The van der Waals surface area contributed by atoms with Crippen LogP contribution in [0.5, 0.6) is 5.75 Å². The van der Waals surface area contributed by atoms with Crippen LogP contribution in [0.4, 0.5) is 0 Å².